The Bertz CT molecular complexity index is 1160. The van der Waals surface area contributed by atoms with Gasteiger partial charge in [0.05, 0.1) is 0 Å². The molecule has 0 aliphatic rings. The Morgan fingerprint density at radius 1 is 1.00 bits per heavy atom. The summed E-state index contributed by atoms with van der Waals surface area (Å²) in [7, 11) is 0. The molecule has 3 aromatic carbocycles. The molecule has 1 N–H and O–H groups in total. The number of ether oxygens (including phenoxy) is 1. The highest BCUT2D eigenvalue weighted by molar-refractivity contribution is 7.13. The second kappa shape index (κ2) is 10.1. The van der Waals surface area contributed by atoms with E-state index in [-0.39, 0.29) is 12.1 Å². The number of anilines is 1. The van der Waals surface area contributed by atoms with Gasteiger partial charge in [-0.1, -0.05) is 42.5 Å². The van der Waals surface area contributed by atoms with Gasteiger partial charge in [-0.2, -0.15) is 0 Å². The lowest BCUT2D eigenvalue weighted by Crippen LogP contribution is -2.39. The van der Waals surface area contributed by atoms with E-state index in [0.29, 0.717) is 18.0 Å². The minimum absolute atomic E-state index is 0.0299. The first-order chi connectivity index (χ1) is 15.6. The molecule has 0 saturated carbocycles. The van der Waals surface area contributed by atoms with E-state index in [0.717, 1.165) is 21.9 Å². The quantitative estimate of drug-likeness (QED) is 0.333. The molecule has 0 spiro atoms. The van der Waals surface area contributed by atoms with Crippen LogP contribution in [0.25, 0.3) is 10.6 Å². The van der Waals surface area contributed by atoms with Gasteiger partial charge in [-0.15, -0.1) is 11.3 Å². The standard InChI is InChI=1S/C26H25N3O2S/c1-19(2)29(18-20-8-6-9-21(16-20)25-27-14-15-32-25)26(30)28-22-10-7-13-24(17-22)31-23-11-4-3-5-12-23/h3-17,19H,18H2,1-2H3,(H,28,30). The third kappa shape index (κ3) is 5.53. The average Bonchev–Trinajstić information content (AvgIpc) is 3.33. The normalized spacial score (nSPS) is 10.7. The molecule has 4 rings (SSSR count). The maximum Gasteiger partial charge on any atom is 0.322 e. The van der Waals surface area contributed by atoms with Crippen molar-refractivity contribution in [2.45, 2.75) is 26.4 Å². The van der Waals surface area contributed by atoms with Crippen molar-refractivity contribution in [1.82, 2.24) is 9.88 Å². The summed E-state index contributed by atoms with van der Waals surface area (Å²) in [6, 6.07) is 25.0. The van der Waals surface area contributed by atoms with E-state index in [2.05, 4.69) is 16.4 Å². The lowest BCUT2D eigenvalue weighted by molar-refractivity contribution is 0.193. The van der Waals surface area contributed by atoms with Crippen molar-refractivity contribution in [1.29, 1.82) is 0 Å². The molecule has 1 aromatic heterocycles. The number of carbonyl (C=O) groups is 1. The van der Waals surface area contributed by atoms with Gasteiger partial charge in [0.2, 0.25) is 0 Å². The van der Waals surface area contributed by atoms with Crippen LogP contribution >= 0.6 is 11.3 Å². The molecule has 4 aromatic rings. The minimum atomic E-state index is -0.156. The minimum Gasteiger partial charge on any atom is -0.457 e. The van der Waals surface area contributed by atoms with Crippen molar-refractivity contribution in [2.24, 2.45) is 0 Å². The molecule has 32 heavy (non-hydrogen) atoms. The highest BCUT2D eigenvalue weighted by Crippen LogP contribution is 2.25. The highest BCUT2D eigenvalue weighted by atomic mass is 32.1. The molecule has 162 valence electrons. The second-order valence-electron chi connectivity index (χ2n) is 7.63. The topological polar surface area (TPSA) is 54.5 Å². The Hall–Kier alpha value is -3.64. The Balaban J connectivity index is 1.46. The molecular formula is C26H25N3O2S. The molecule has 0 unspecified atom stereocenters. The summed E-state index contributed by atoms with van der Waals surface area (Å²) < 4.78 is 5.88. The summed E-state index contributed by atoms with van der Waals surface area (Å²) in [5, 5.41) is 5.95. The summed E-state index contributed by atoms with van der Waals surface area (Å²) in [5.41, 5.74) is 2.81. The monoisotopic (exact) mass is 443 g/mol. The van der Waals surface area contributed by atoms with Crippen LogP contribution in [0.3, 0.4) is 0 Å². The van der Waals surface area contributed by atoms with Gasteiger partial charge in [0.15, 0.2) is 0 Å². The van der Waals surface area contributed by atoms with Gasteiger partial charge in [-0.3, -0.25) is 0 Å². The van der Waals surface area contributed by atoms with Crippen molar-refractivity contribution in [3.05, 3.63) is 96.0 Å². The van der Waals surface area contributed by atoms with E-state index in [1.165, 1.54) is 0 Å². The Labute approximate surface area is 192 Å². The zero-order valence-corrected chi connectivity index (χ0v) is 18.9. The molecule has 6 heteroatoms. The maximum absolute atomic E-state index is 13.1. The van der Waals surface area contributed by atoms with Gasteiger partial charge in [-0.25, -0.2) is 9.78 Å². The molecule has 2 amide bonds. The number of nitrogens with zero attached hydrogens (tertiary/aromatic N) is 2. The number of thiazole rings is 1. The van der Waals surface area contributed by atoms with Gasteiger partial charge in [-0.05, 0) is 49.7 Å². The van der Waals surface area contributed by atoms with Crippen LogP contribution in [0.2, 0.25) is 0 Å². The number of rotatable bonds is 7. The molecule has 0 radical (unpaired) electrons. The molecule has 1 heterocycles. The average molecular weight is 444 g/mol. The number of nitrogens with one attached hydrogen (secondary N) is 1. The second-order valence-corrected chi connectivity index (χ2v) is 8.53. The zero-order valence-electron chi connectivity index (χ0n) is 18.1. The number of aromatic nitrogens is 1. The lowest BCUT2D eigenvalue weighted by Gasteiger charge is -2.27. The molecule has 0 saturated heterocycles. The number of hydrogen-bond donors (Lipinski definition) is 1. The van der Waals surface area contributed by atoms with Crippen molar-refractivity contribution in [2.75, 3.05) is 5.32 Å². The SMILES string of the molecule is CC(C)N(Cc1cccc(-c2nccs2)c1)C(=O)Nc1cccc(Oc2ccccc2)c1. The van der Waals surface area contributed by atoms with Crippen molar-refractivity contribution < 1.29 is 9.53 Å². The predicted octanol–water partition coefficient (Wildman–Crippen LogP) is 7.04. The lowest BCUT2D eigenvalue weighted by atomic mass is 10.1. The van der Waals surface area contributed by atoms with E-state index >= 15 is 0 Å². The molecular weight excluding hydrogens is 418 g/mol. The first-order valence-corrected chi connectivity index (χ1v) is 11.4. The fourth-order valence-corrected chi connectivity index (χ4v) is 3.95. The summed E-state index contributed by atoms with van der Waals surface area (Å²) in [6.07, 6.45) is 1.80. The van der Waals surface area contributed by atoms with E-state index in [1.807, 2.05) is 96.9 Å². The fraction of sp³-hybridized carbons (Fsp3) is 0.154. The third-order valence-electron chi connectivity index (χ3n) is 4.91. The summed E-state index contributed by atoms with van der Waals surface area (Å²) in [6.45, 7) is 4.53. The third-order valence-corrected chi connectivity index (χ3v) is 5.73. The van der Waals surface area contributed by atoms with Gasteiger partial charge in [0, 0.05) is 41.5 Å². The van der Waals surface area contributed by atoms with Crippen LogP contribution in [0.1, 0.15) is 19.4 Å². The molecule has 0 fully saturated rings. The van der Waals surface area contributed by atoms with Crippen molar-refractivity contribution in [3.8, 4) is 22.1 Å². The number of hydrogen-bond acceptors (Lipinski definition) is 4. The summed E-state index contributed by atoms with van der Waals surface area (Å²) >= 11 is 1.60. The van der Waals surface area contributed by atoms with Gasteiger partial charge in [0.1, 0.15) is 16.5 Å². The Morgan fingerprint density at radius 3 is 2.53 bits per heavy atom. The largest absolute Gasteiger partial charge is 0.457 e. The molecule has 0 bridgehead atoms. The number of para-hydroxylation sites is 1. The van der Waals surface area contributed by atoms with Gasteiger partial charge in [0.25, 0.3) is 0 Å². The first kappa shape index (κ1) is 21.6. The van der Waals surface area contributed by atoms with Crippen LogP contribution in [-0.4, -0.2) is 22.0 Å². The van der Waals surface area contributed by atoms with E-state index in [9.17, 15) is 4.79 Å². The summed E-state index contributed by atoms with van der Waals surface area (Å²) in [5.74, 6) is 1.42. The van der Waals surface area contributed by atoms with Crippen LogP contribution in [0.4, 0.5) is 10.5 Å². The number of amides is 2. The zero-order chi connectivity index (χ0) is 22.3. The van der Waals surface area contributed by atoms with E-state index in [1.54, 1.807) is 17.5 Å². The summed E-state index contributed by atoms with van der Waals surface area (Å²) in [4.78, 5) is 19.3. The highest BCUT2D eigenvalue weighted by Gasteiger charge is 2.18. The maximum atomic E-state index is 13.1. The number of carbonyl (C=O) groups excluding carboxylic acids is 1. The Morgan fingerprint density at radius 2 is 1.78 bits per heavy atom. The molecule has 0 atom stereocenters. The predicted molar refractivity (Wildman–Crippen MR) is 130 cm³/mol. The fourth-order valence-electron chi connectivity index (χ4n) is 3.31. The van der Waals surface area contributed by atoms with E-state index < -0.39 is 0 Å². The van der Waals surface area contributed by atoms with E-state index in [4.69, 9.17) is 4.74 Å². The van der Waals surface area contributed by atoms with Crippen molar-refractivity contribution >= 4 is 23.1 Å². The molecule has 5 nitrogen and oxygen atoms in total. The van der Waals surface area contributed by atoms with Crippen LogP contribution in [0.15, 0.2) is 90.4 Å². The van der Waals surface area contributed by atoms with Crippen molar-refractivity contribution in [3.63, 3.8) is 0 Å². The van der Waals surface area contributed by atoms with Crippen LogP contribution in [0, 0.1) is 0 Å². The number of urea groups is 1. The van der Waals surface area contributed by atoms with Gasteiger partial charge >= 0.3 is 6.03 Å². The molecule has 0 aliphatic heterocycles. The van der Waals surface area contributed by atoms with Gasteiger partial charge < -0.3 is 15.0 Å². The Kier molecular flexibility index (Phi) is 6.82. The first-order valence-electron chi connectivity index (χ1n) is 10.5. The van der Waals surface area contributed by atoms with Crippen LogP contribution in [-0.2, 0) is 6.54 Å². The smallest absolute Gasteiger partial charge is 0.322 e. The van der Waals surface area contributed by atoms with Crippen LogP contribution in [0.5, 0.6) is 11.5 Å². The molecule has 0 aliphatic carbocycles. The van der Waals surface area contributed by atoms with Crippen LogP contribution < -0.4 is 10.1 Å². The number of benzene rings is 3.